The number of primary amides is 1. The molecule has 0 unspecified atom stereocenters. The second-order valence-corrected chi connectivity index (χ2v) is 8.62. The van der Waals surface area contributed by atoms with Crippen LogP contribution in [0.5, 0.6) is 5.75 Å². The zero-order chi connectivity index (χ0) is 23.9. The van der Waals surface area contributed by atoms with Gasteiger partial charge in [0.05, 0.1) is 18.0 Å². The minimum Gasteiger partial charge on any atom is -0.491 e. The van der Waals surface area contributed by atoms with Crippen LogP contribution in [-0.4, -0.2) is 47.2 Å². The summed E-state index contributed by atoms with van der Waals surface area (Å²) < 4.78 is 7.90. The highest BCUT2D eigenvalue weighted by Crippen LogP contribution is 2.40. The third kappa shape index (κ3) is 3.91. The number of rotatable bonds is 4. The van der Waals surface area contributed by atoms with Crippen molar-refractivity contribution in [3.63, 3.8) is 0 Å². The highest BCUT2D eigenvalue weighted by atomic mass is 16.5. The van der Waals surface area contributed by atoms with Gasteiger partial charge in [-0.15, -0.1) is 0 Å². The Balaban J connectivity index is 1.42. The number of hydrogen-bond acceptors (Lipinski definition) is 7. The second kappa shape index (κ2) is 8.36. The van der Waals surface area contributed by atoms with Crippen molar-refractivity contribution in [2.45, 2.75) is 38.1 Å². The van der Waals surface area contributed by atoms with Gasteiger partial charge in [0.25, 0.3) is 5.91 Å². The highest BCUT2D eigenvalue weighted by Gasteiger charge is 2.31. The molecule has 3 aromatic heterocycles. The molecule has 0 bridgehead atoms. The number of aromatic amines is 1. The Morgan fingerprint density at radius 1 is 1.26 bits per heavy atom. The average Bonchev–Trinajstić information content (AvgIpc) is 3.53. The summed E-state index contributed by atoms with van der Waals surface area (Å²) in [6, 6.07) is 7.45. The summed E-state index contributed by atoms with van der Waals surface area (Å²) >= 11 is 0. The normalized spacial score (nSPS) is 15.1. The fraction of sp³-hybridized carbons (Fsp3) is 0.280. The monoisotopic (exact) mass is 466 g/mol. The first-order chi connectivity index (χ1) is 17.1. The number of amides is 1. The van der Waals surface area contributed by atoms with Crippen LogP contribution >= 0.6 is 0 Å². The minimum absolute atomic E-state index is 0.132. The molecule has 1 aliphatic heterocycles. The van der Waals surface area contributed by atoms with Crippen molar-refractivity contribution in [1.29, 1.82) is 0 Å². The van der Waals surface area contributed by atoms with Crippen molar-refractivity contribution in [1.82, 2.24) is 34.7 Å². The van der Waals surface area contributed by atoms with E-state index in [9.17, 15) is 4.79 Å². The number of fused-ring (bicyclic) bond motifs is 3. The Morgan fingerprint density at radius 3 is 2.86 bits per heavy atom. The van der Waals surface area contributed by atoms with Gasteiger partial charge in [0.2, 0.25) is 0 Å². The van der Waals surface area contributed by atoms with E-state index in [0.29, 0.717) is 48.0 Å². The molecule has 1 saturated carbocycles. The summed E-state index contributed by atoms with van der Waals surface area (Å²) in [5.41, 5.74) is 7.87. The van der Waals surface area contributed by atoms with Crippen molar-refractivity contribution >= 4 is 5.91 Å². The number of benzene rings is 1. The third-order valence-corrected chi connectivity index (χ3v) is 6.08. The fourth-order valence-corrected chi connectivity index (χ4v) is 4.14. The third-order valence-electron chi connectivity index (χ3n) is 6.08. The molecule has 1 atom stereocenters. The predicted octanol–water partition coefficient (Wildman–Crippen LogP) is 2.65. The first-order valence-corrected chi connectivity index (χ1v) is 11.5. The number of aromatic nitrogens is 7. The first kappa shape index (κ1) is 21.0. The van der Waals surface area contributed by atoms with Gasteiger partial charge < -0.3 is 15.0 Å². The van der Waals surface area contributed by atoms with Gasteiger partial charge in [0.15, 0.2) is 11.5 Å². The summed E-state index contributed by atoms with van der Waals surface area (Å²) in [6.45, 7) is 2.82. The molecular weight excluding hydrogens is 444 g/mol. The van der Waals surface area contributed by atoms with Gasteiger partial charge in [-0.2, -0.15) is 5.10 Å². The maximum atomic E-state index is 12.4. The van der Waals surface area contributed by atoms with Gasteiger partial charge in [-0.3, -0.25) is 9.89 Å². The van der Waals surface area contributed by atoms with E-state index in [0.717, 1.165) is 29.8 Å². The number of H-pyrrole nitrogens is 1. The molecule has 35 heavy (non-hydrogen) atoms. The zero-order valence-corrected chi connectivity index (χ0v) is 19.0. The lowest BCUT2D eigenvalue weighted by atomic mass is 10.1. The van der Waals surface area contributed by atoms with Crippen molar-refractivity contribution in [2.24, 2.45) is 5.73 Å². The molecular formula is C25H22N8O2. The Labute approximate surface area is 201 Å². The molecule has 1 fully saturated rings. The van der Waals surface area contributed by atoms with Crippen LogP contribution in [0.3, 0.4) is 0 Å². The molecule has 1 amide bonds. The van der Waals surface area contributed by atoms with Crippen molar-refractivity contribution in [3.8, 4) is 40.5 Å². The van der Waals surface area contributed by atoms with Crippen LogP contribution in [0.25, 0.3) is 22.9 Å². The first-order valence-electron chi connectivity index (χ1n) is 11.5. The summed E-state index contributed by atoms with van der Waals surface area (Å²) in [5, 5.41) is 7.37. The zero-order valence-electron chi connectivity index (χ0n) is 19.0. The molecule has 4 aromatic rings. The standard InChI is InChI=1S/C25H22N8O2/c1-14(22-27-9-2-10-28-22)3-4-15-5-8-18-17(13-15)25-29-19(21(26)34)20(33(25)11-12-35-18)24-30-23(31-32-24)16-6-7-16/h2,5,8-10,13-14,16H,6-7,11-12H2,1H3,(H2,26,34)(H,30,31,32)/t14-/m0/s1. The fourth-order valence-electron chi connectivity index (χ4n) is 4.14. The van der Waals surface area contributed by atoms with Crippen LogP contribution in [0.15, 0.2) is 36.7 Å². The summed E-state index contributed by atoms with van der Waals surface area (Å²) in [6.07, 6.45) is 5.58. The van der Waals surface area contributed by atoms with E-state index >= 15 is 0 Å². The summed E-state index contributed by atoms with van der Waals surface area (Å²) in [4.78, 5) is 30.2. The summed E-state index contributed by atoms with van der Waals surface area (Å²) in [5.74, 6) is 9.17. The maximum absolute atomic E-state index is 12.4. The van der Waals surface area contributed by atoms with Crippen LogP contribution in [-0.2, 0) is 6.54 Å². The van der Waals surface area contributed by atoms with E-state index < -0.39 is 5.91 Å². The van der Waals surface area contributed by atoms with Crippen molar-refractivity contribution in [2.75, 3.05) is 6.61 Å². The molecule has 10 heteroatoms. The molecule has 1 aliphatic carbocycles. The van der Waals surface area contributed by atoms with Gasteiger partial charge in [-0.25, -0.2) is 19.9 Å². The van der Waals surface area contributed by atoms with Crippen LogP contribution in [0, 0.1) is 11.8 Å². The minimum atomic E-state index is -0.631. The second-order valence-electron chi connectivity index (χ2n) is 8.62. The topological polar surface area (TPSA) is 137 Å². The number of hydrogen-bond donors (Lipinski definition) is 2. The molecule has 4 heterocycles. The molecule has 174 valence electrons. The quantitative estimate of drug-likeness (QED) is 0.441. The van der Waals surface area contributed by atoms with Crippen molar-refractivity contribution in [3.05, 3.63) is 59.6 Å². The number of nitrogens with two attached hydrogens (primary N) is 1. The molecule has 2 aliphatic rings. The van der Waals surface area contributed by atoms with Gasteiger partial charge in [-0.1, -0.05) is 11.8 Å². The lowest BCUT2D eigenvalue weighted by Gasteiger charge is -2.07. The van der Waals surface area contributed by atoms with Crippen LogP contribution in [0.2, 0.25) is 0 Å². The predicted molar refractivity (Wildman–Crippen MR) is 126 cm³/mol. The van der Waals surface area contributed by atoms with Gasteiger partial charge in [0.1, 0.15) is 35.5 Å². The van der Waals surface area contributed by atoms with Crippen LogP contribution in [0.4, 0.5) is 0 Å². The molecule has 10 nitrogen and oxygen atoms in total. The molecule has 0 spiro atoms. The van der Waals surface area contributed by atoms with Gasteiger partial charge in [-0.05, 0) is 44.0 Å². The van der Waals surface area contributed by atoms with Gasteiger partial charge in [0, 0.05) is 23.9 Å². The van der Waals surface area contributed by atoms with E-state index in [4.69, 9.17) is 10.5 Å². The number of ether oxygens (including phenoxy) is 1. The molecule has 0 saturated heterocycles. The average molecular weight is 467 g/mol. The van der Waals surface area contributed by atoms with Gasteiger partial charge >= 0.3 is 0 Å². The van der Waals surface area contributed by atoms with E-state index in [-0.39, 0.29) is 11.6 Å². The van der Waals surface area contributed by atoms with Crippen LogP contribution in [0.1, 0.15) is 59.3 Å². The molecule has 6 rings (SSSR count). The lowest BCUT2D eigenvalue weighted by Crippen LogP contribution is -2.15. The number of carbonyl (C=O) groups excluding carboxylic acids is 1. The molecule has 0 radical (unpaired) electrons. The number of nitrogens with one attached hydrogen (secondary N) is 1. The molecule has 1 aromatic carbocycles. The van der Waals surface area contributed by atoms with E-state index in [1.165, 1.54) is 0 Å². The van der Waals surface area contributed by atoms with Crippen LogP contribution < -0.4 is 10.5 Å². The van der Waals surface area contributed by atoms with E-state index in [1.54, 1.807) is 18.5 Å². The Morgan fingerprint density at radius 2 is 2.09 bits per heavy atom. The SMILES string of the molecule is C[C@@H](C#Cc1ccc2c(c1)-c1nc(C(N)=O)c(-c3n[nH]c(C4CC4)n3)n1CCO2)c1ncccn1. The number of nitrogens with zero attached hydrogens (tertiary/aromatic N) is 6. The number of imidazole rings is 1. The van der Waals surface area contributed by atoms with E-state index in [1.807, 2.05) is 29.7 Å². The number of carbonyl (C=O) groups is 1. The van der Waals surface area contributed by atoms with Crippen molar-refractivity contribution < 1.29 is 9.53 Å². The van der Waals surface area contributed by atoms with E-state index in [2.05, 4.69) is 42.0 Å². The maximum Gasteiger partial charge on any atom is 0.269 e. The Kier molecular flexibility index (Phi) is 5.03. The lowest BCUT2D eigenvalue weighted by molar-refractivity contribution is 0.0996. The molecule has 3 N–H and O–H groups in total. The Bertz CT molecular complexity index is 1490. The smallest absolute Gasteiger partial charge is 0.269 e. The Hall–Kier alpha value is -4.52. The summed E-state index contributed by atoms with van der Waals surface area (Å²) in [7, 11) is 0. The largest absolute Gasteiger partial charge is 0.491 e. The highest BCUT2D eigenvalue weighted by molar-refractivity contribution is 5.97.